The predicted molar refractivity (Wildman–Crippen MR) is 81.3 cm³/mol. The molecule has 0 unspecified atom stereocenters. The highest BCUT2D eigenvalue weighted by Gasteiger charge is 2.33. The molecule has 0 aliphatic rings. The predicted octanol–water partition coefficient (Wildman–Crippen LogP) is 3.82. The van der Waals surface area contributed by atoms with E-state index in [4.69, 9.17) is 5.73 Å². The number of hydrogen-bond acceptors (Lipinski definition) is 3. The van der Waals surface area contributed by atoms with Gasteiger partial charge in [0.2, 0.25) is 0 Å². The summed E-state index contributed by atoms with van der Waals surface area (Å²) in [4.78, 5) is 2.27. The molecule has 6 heteroatoms. The summed E-state index contributed by atoms with van der Waals surface area (Å²) in [5.41, 5.74) is 4.76. The highest BCUT2D eigenvalue weighted by atomic mass is 19.4. The molecule has 0 bridgehead atoms. The number of halogens is 3. The number of nitrogen functional groups attached to an aromatic ring is 1. The van der Waals surface area contributed by atoms with Gasteiger partial charge >= 0.3 is 6.18 Å². The van der Waals surface area contributed by atoms with Crippen LogP contribution in [0.25, 0.3) is 0 Å². The van der Waals surface area contributed by atoms with Crippen LogP contribution in [0, 0.1) is 0 Å². The number of benzene rings is 1. The van der Waals surface area contributed by atoms with Crippen LogP contribution in [0.4, 0.5) is 24.5 Å². The summed E-state index contributed by atoms with van der Waals surface area (Å²) >= 11 is 0. The molecule has 0 heterocycles. The van der Waals surface area contributed by atoms with Crippen LogP contribution >= 0.6 is 0 Å². The summed E-state index contributed by atoms with van der Waals surface area (Å²) in [6.07, 6.45) is -4.43. The fourth-order valence-electron chi connectivity index (χ4n) is 2.35. The third kappa shape index (κ3) is 5.12. The van der Waals surface area contributed by atoms with Crippen molar-refractivity contribution in [1.82, 2.24) is 4.90 Å². The Morgan fingerprint density at radius 2 is 1.71 bits per heavy atom. The van der Waals surface area contributed by atoms with E-state index in [0.29, 0.717) is 24.3 Å². The maximum Gasteiger partial charge on any atom is 0.418 e. The van der Waals surface area contributed by atoms with E-state index in [-0.39, 0.29) is 5.69 Å². The SMILES string of the molecule is CC(C)N(CCNc1ccc(N)c(C(F)(F)F)c1)C(C)C. The number of nitrogens with one attached hydrogen (secondary N) is 1. The van der Waals surface area contributed by atoms with Crippen molar-refractivity contribution in [3.05, 3.63) is 23.8 Å². The Bertz CT molecular complexity index is 448. The van der Waals surface area contributed by atoms with Crippen LogP contribution in [-0.4, -0.2) is 30.1 Å². The van der Waals surface area contributed by atoms with Gasteiger partial charge in [-0.2, -0.15) is 13.2 Å². The molecule has 1 rings (SSSR count). The molecule has 1 aromatic carbocycles. The molecule has 0 fully saturated rings. The van der Waals surface area contributed by atoms with E-state index < -0.39 is 11.7 Å². The van der Waals surface area contributed by atoms with E-state index in [1.165, 1.54) is 6.07 Å². The zero-order valence-corrected chi connectivity index (χ0v) is 13.0. The van der Waals surface area contributed by atoms with E-state index in [2.05, 4.69) is 37.9 Å². The van der Waals surface area contributed by atoms with Crippen molar-refractivity contribution in [1.29, 1.82) is 0 Å². The number of rotatable bonds is 6. The minimum Gasteiger partial charge on any atom is -0.398 e. The number of hydrogen-bond donors (Lipinski definition) is 2. The number of anilines is 2. The van der Waals surface area contributed by atoms with Gasteiger partial charge in [-0.3, -0.25) is 4.90 Å². The maximum absolute atomic E-state index is 12.8. The van der Waals surface area contributed by atoms with Gasteiger partial charge in [0, 0.05) is 36.5 Å². The highest BCUT2D eigenvalue weighted by molar-refractivity contribution is 5.58. The van der Waals surface area contributed by atoms with Gasteiger partial charge in [-0.1, -0.05) is 0 Å². The number of alkyl halides is 3. The van der Waals surface area contributed by atoms with Crippen molar-refractivity contribution < 1.29 is 13.2 Å². The largest absolute Gasteiger partial charge is 0.418 e. The highest BCUT2D eigenvalue weighted by Crippen LogP contribution is 2.35. The van der Waals surface area contributed by atoms with Crippen LogP contribution < -0.4 is 11.1 Å². The van der Waals surface area contributed by atoms with E-state index in [1.807, 2.05) is 0 Å². The van der Waals surface area contributed by atoms with Crippen molar-refractivity contribution in [2.45, 2.75) is 46.0 Å². The fourth-order valence-corrected chi connectivity index (χ4v) is 2.35. The fraction of sp³-hybridized carbons (Fsp3) is 0.600. The summed E-state index contributed by atoms with van der Waals surface area (Å²) in [6.45, 7) is 9.75. The lowest BCUT2D eigenvalue weighted by Crippen LogP contribution is -2.40. The zero-order chi connectivity index (χ0) is 16.2. The van der Waals surface area contributed by atoms with Crippen molar-refractivity contribution in [3.8, 4) is 0 Å². The van der Waals surface area contributed by atoms with Gasteiger partial charge in [-0.25, -0.2) is 0 Å². The molecule has 0 spiro atoms. The molecular formula is C15H24F3N3. The summed E-state index contributed by atoms with van der Waals surface area (Å²) in [6, 6.07) is 4.70. The van der Waals surface area contributed by atoms with Crippen molar-refractivity contribution in [2.75, 3.05) is 24.1 Å². The van der Waals surface area contributed by atoms with E-state index in [0.717, 1.165) is 12.6 Å². The Morgan fingerprint density at radius 3 is 2.19 bits per heavy atom. The summed E-state index contributed by atoms with van der Waals surface area (Å²) < 4.78 is 38.3. The molecular weight excluding hydrogens is 279 g/mol. The van der Waals surface area contributed by atoms with Gasteiger partial charge in [0.1, 0.15) is 0 Å². The topological polar surface area (TPSA) is 41.3 Å². The normalized spacial score (nSPS) is 12.5. The van der Waals surface area contributed by atoms with Crippen LogP contribution in [0.15, 0.2) is 18.2 Å². The smallest absolute Gasteiger partial charge is 0.398 e. The number of nitrogens with two attached hydrogens (primary N) is 1. The van der Waals surface area contributed by atoms with Crippen LogP contribution in [0.1, 0.15) is 33.3 Å². The minimum atomic E-state index is -4.43. The molecule has 3 N–H and O–H groups in total. The second-order valence-electron chi connectivity index (χ2n) is 5.65. The molecule has 3 nitrogen and oxygen atoms in total. The molecule has 0 amide bonds. The van der Waals surface area contributed by atoms with E-state index in [9.17, 15) is 13.2 Å². The van der Waals surface area contributed by atoms with E-state index in [1.54, 1.807) is 6.07 Å². The first-order valence-corrected chi connectivity index (χ1v) is 7.09. The molecule has 0 saturated carbocycles. The Morgan fingerprint density at radius 1 is 1.14 bits per heavy atom. The quantitative estimate of drug-likeness (QED) is 0.785. The van der Waals surface area contributed by atoms with Gasteiger partial charge < -0.3 is 11.1 Å². The first-order chi connectivity index (χ1) is 9.62. The first-order valence-electron chi connectivity index (χ1n) is 7.09. The van der Waals surface area contributed by atoms with Crippen LogP contribution in [0.5, 0.6) is 0 Å². The number of nitrogens with zero attached hydrogens (tertiary/aromatic N) is 1. The molecule has 120 valence electrons. The van der Waals surface area contributed by atoms with Gasteiger partial charge in [0.25, 0.3) is 0 Å². The standard InChI is InChI=1S/C15H24F3N3/c1-10(2)21(11(3)4)8-7-20-12-5-6-14(19)13(9-12)15(16,17)18/h5-6,9-11,20H,7-8,19H2,1-4H3. The Kier molecular flexibility index (Phi) is 5.89. The third-order valence-corrected chi connectivity index (χ3v) is 3.38. The van der Waals surface area contributed by atoms with Crippen molar-refractivity contribution >= 4 is 11.4 Å². The maximum atomic E-state index is 12.8. The van der Waals surface area contributed by atoms with Crippen molar-refractivity contribution in [3.63, 3.8) is 0 Å². The van der Waals surface area contributed by atoms with E-state index >= 15 is 0 Å². The van der Waals surface area contributed by atoms with Gasteiger partial charge in [-0.05, 0) is 45.9 Å². The van der Waals surface area contributed by atoms with Gasteiger partial charge in [0.15, 0.2) is 0 Å². The average Bonchev–Trinajstić information content (AvgIpc) is 2.34. The average molecular weight is 303 g/mol. The molecule has 0 saturated heterocycles. The molecule has 0 radical (unpaired) electrons. The molecule has 1 aromatic rings. The summed E-state index contributed by atoms with van der Waals surface area (Å²) in [5.74, 6) is 0. The van der Waals surface area contributed by atoms with Crippen LogP contribution in [-0.2, 0) is 6.18 Å². The molecule has 0 atom stereocenters. The second kappa shape index (κ2) is 7.02. The van der Waals surface area contributed by atoms with Gasteiger partial charge in [0.05, 0.1) is 5.56 Å². The van der Waals surface area contributed by atoms with Crippen LogP contribution in [0.3, 0.4) is 0 Å². The van der Waals surface area contributed by atoms with Gasteiger partial charge in [-0.15, -0.1) is 0 Å². The first kappa shape index (κ1) is 17.6. The summed E-state index contributed by atoms with van der Waals surface area (Å²) in [7, 11) is 0. The molecule has 0 aliphatic heterocycles. The zero-order valence-electron chi connectivity index (χ0n) is 13.0. The minimum absolute atomic E-state index is 0.251. The summed E-state index contributed by atoms with van der Waals surface area (Å²) in [5, 5.41) is 3.03. The molecule has 21 heavy (non-hydrogen) atoms. The Hall–Kier alpha value is -1.43. The lowest BCUT2D eigenvalue weighted by atomic mass is 10.1. The monoisotopic (exact) mass is 303 g/mol. The lowest BCUT2D eigenvalue weighted by molar-refractivity contribution is -0.136. The molecule has 0 aromatic heterocycles. The van der Waals surface area contributed by atoms with Crippen molar-refractivity contribution in [2.24, 2.45) is 0 Å². The molecule has 0 aliphatic carbocycles. The Balaban J connectivity index is 2.68. The van der Waals surface area contributed by atoms with Crippen LogP contribution in [0.2, 0.25) is 0 Å². The Labute approximate surface area is 124 Å². The third-order valence-electron chi connectivity index (χ3n) is 3.38. The second-order valence-corrected chi connectivity index (χ2v) is 5.65. The lowest BCUT2D eigenvalue weighted by Gasteiger charge is -2.30.